The minimum Gasteiger partial charge on any atom is -0.390 e. The zero-order valence-corrected chi connectivity index (χ0v) is 22.0. The standard InChI is InChI=1S/C29H41F2N3O2/c1-21(35)32-27(15-24-13-25(30)16-26(31)14-24)28(36)20-34(18-22-9-6-5-7-10-22)33-12-8-11-23(19-33)17-29(2,3)4/h5-7,9-10,13-14,16,23,27-28,36H,8,11-12,15,17-20H2,1-4H3,(H,32,35). The Morgan fingerprint density at radius 1 is 1.14 bits per heavy atom. The number of halogens is 2. The van der Waals surface area contributed by atoms with Gasteiger partial charge in [0, 0.05) is 39.2 Å². The first-order chi connectivity index (χ1) is 17.0. The van der Waals surface area contributed by atoms with Crippen LogP contribution in [0.25, 0.3) is 0 Å². The quantitative estimate of drug-likeness (QED) is 0.484. The number of carbonyl (C=O) groups is 1. The van der Waals surface area contributed by atoms with Gasteiger partial charge in [0.05, 0.1) is 12.1 Å². The van der Waals surface area contributed by atoms with E-state index < -0.39 is 23.8 Å². The summed E-state index contributed by atoms with van der Waals surface area (Å²) in [5.41, 5.74) is 1.77. The monoisotopic (exact) mass is 501 g/mol. The first-order valence-electron chi connectivity index (χ1n) is 12.9. The molecule has 0 aliphatic carbocycles. The van der Waals surface area contributed by atoms with Crippen LogP contribution < -0.4 is 5.32 Å². The van der Waals surface area contributed by atoms with Gasteiger partial charge in [0.1, 0.15) is 11.6 Å². The molecule has 1 aliphatic heterocycles. The van der Waals surface area contributed by atoms with Crippen LogP contribution in [-0.4, -0.2) is 52.8 Å². The summed E-state index contributed by atoms with van der Waals surface area (Å²) in [6.45, 7) is 10.9. The van der Waals surface area contributed by atoms with Crippen molar-refractivity contribution in [2.75, 3.05) is 19.6 Å². The molecule has 3 unspecified atom stereocenters. The molecule has 0 aromatic heterocycles. The predicted octanol–water partition coefficient (Wildman–Crippen LogP) is 4.94. The number of benzene rings is 2. The highest BCUT2D eigenvalue weighted by Crippen LogP contribution is 2.31. The molecule has 2 N–H and O–H groups in total. The molecule has 1 heterocycles. The fraction of sp³-hybridized carbons (Fsp3) is 0.552. The molecule has 198 valence electrons. The Labute approximate surface area is 214 Å². The Balaban J connectivity index is 1.79. The van der Waals surface area contributed by atoms with E-state index in [1.54, 1.807) is 0 Å². The van der Waals surface area contributed by atoms with Crippen molar-refractivity contribution in [2.45, 2.75) is 72.1 Å². The fourth-order valence-electron chi connectivity index (χ4n) is 5.28. The highest BCUT2D eigenvalue weighted by Gasteiger charge is 2.31. The lowest BCUT2D eigenvalue weighted by Gasteiger charge is -2.43. The molecular formula is C29H41F2N3O2. The Bertz CT molecular complexity index is 960. The molecule has 0 radical (unpaired) electrons. The van der Waals surface area contributed by atoms with Crippen LogP contribution in [-0.2, 0) is 17.8 Å². The molecule has 3 rings (SSSR count). The van der Waals surface area contributed by atoms with Gasteiger partial charge in [0.2, 0.25) is 5.91 Å². The Morgan fingerprint density at radius 3 is 2.42 bits per heavy atom. The molecule has 3 atom stereocenters. The van der Waals surface area contributed by atoms with E-state index in [0.29, 0.717) is 24.6 Å². The number of hydrogen-bond donors (Lipinski definition) is 2. The summed E-state index contributed by atoms with van der Waals surface area (Å²) in [5.74, 6) is -1.08. The van der Waals surface area contributed by atoms with Crippen molar-refractivity contribution in [3.63, 3.8) is 0 Å². The molecule has 2 aromatic carbocycles. The molecule has 2 aromatic rings. The van der Waals surface area contributed by atoms with Gasteiger partial charge in [-0.25, -0.2) is 18.8 Å². The second-order valence-corrected chi connectivity index (χ2v) is 11.4. The van der Waals surface area contributed by atoms with Crippen molar-refractivity contribution in [3.8, 4) is 0 Å². The minimum atomic E-state index is -0.938. The lowest BCUT2D eigenvalue weighted by molar-refractivity contribution is -0.122. The minimum absolute atomic E-state index is 0.126. The highest BCUT2D eigenvalue weighted by atomic mass is 19.1. The van der Waals surface area contributed by atoms with Gasteiger partial charge in [-0.1, -0.05) is 51.1 Å². The molecule has 1 aliphatic rings. The van der Waals surface area contributed by atoms with E-state index in [4.69, 9.17) is 0 Å². The summed E-state index contributed by atoms with van der Waals surface area (Å²) in [6, 6.07) is 12.7. The maximum absolute atomic E-state index is 13.8. The van der Waals surface area contributed by atoms with E-state index in [9.17, 15) is 18.7 Å². The van der Waals surface area contributed by atoms with E-state index in [1.165, 1.54) is 25.5 Å². The van der Waals surface area contributed by atoms with Gasteiger partial charge in [-0.15, -0.1) is 0 Å². The first-order valence-corrected chi connectivity index (χ1v) is 12.9. The second kappa shape index (κ2) is 12.7. The molecule has 0 bridgehead atoms. The molecule has 1 amide bonds. The summed E-state index contributed by atoms with van der Waals surface area (Å²) >= 11 is 0. The van der Waals surface area contributed by atoms with Crippen LogP contribution in [0, 0.1) is 23.0 Å². The first kappa shape index (κ1) is 28.2. The van der Waals surface area contributed by atoms with Gasteiger partial charge in [0.15, 0.2) is 0 Å². The number of nitrogens with one attached hydrogen (secondary N) is 1. The van der Waals surface area contributed by atoms with E-state index in [1.807, 2.05) is 18.2 Å². The summed E-state index contributed by atoms with van der Waals surface area (Å²) in [4.78, 5) is 11.9. The zero-order chi connectivity index (χ0) is 26.3. The number of carbonyl (C=O) groups excluding carboxylic acids is 1. The average molecular weight is 502 g/mol. The number of hydrogen-bond acceptors (Lipinski definition) is 4. The van der Waals surface area contributed by atoms with E-state index in [-0.39, 0.29) is 17.7 Å². The van der Waals surface area contributed by atoms with Crippen LogP contribution in [0.3, 0.4) is 0 Å². The number of aliphatic hydroxyl groups is 1. The fourth-order valence-corrected chi connectivity index (χ4v) is 5.28. The normalized spacial score (nSPS) is 18.7. The molecule has 36 heavy (non-hydrogen) atoms. The molecule has 1 fully saturated rings. The molecule has 0 spiro atoms. The van der Waals surface area contributed by atoms with Crippen LogP contribution in [0.2, 0.25) is 0 Å². The SMILES string of the molecule is CC(=O)NC(Cc1cc(F)cc(F)c1)C(O)CN(Cc1ccccc1)N1CCCC(CC(C)(C)C)C1. The maximum atomic E-state index is 13.8. The largest absolute Gasteiger partial charge is 0.390 e. The van der Waals surface area contributed by atoms with Crippen LogP contribution >= 0.6 is 0 Å². The number of piperidine rings is 1. The van der Waals surface area contributed by atoms with Crippen molar-refractivity contribution in [2.24, 2.45) is 11.3 Å². The van der Waals surface area contributed by atoms with Crippen LogP contribution in [0.15, 0.2) is 48.5 Å². The smallest absolute Gasteiger partial charge is 0.217 e. The molecule has 5 nitrogen and oxygen atoms in total. The van der Waals surface area contributed by atoms with Crippen LogP contribution in [0.1, 0.15) is 58.1 Å². The van der Waals surface area contributed by atoms with Gasteiger partial charge >= 0.3 is 0 Å². The molecule has 1 saturated heterocycles. The molecular weight excluding hydrogens is 460 g/mol. The Morgan fingerprint density at radius 2 is 1.81 bits per heavy atom. The lowest BCUT2D eigenvalue weighted by Crippen LogP contribution is -2.54. The number of aliphatic hydroxyl groups excluding tert-OH is 1. The summed E-state index contributed by atoms with van der Waals surface area (Å²) < 4.78 is 27.6. The van der Waals surface area contributed by atoms with Crippen molar-refractivity contribution in [1.82, 2.24) is 15.3 Å². The third kappa shape index (κ3) is 9.26. The summed E-state index contributed by atoms with van der Waals surface area (Å²) in [7, 11) is 0. The number of hydrazine groups is 1. The van der Waals surface area contributed by atoms with Gasteiger partial charge in [-0.3, -0.25) is 4.79 Å². The van der Waals surface area contributed by atoms with Gasteiger partial charge in [-0.2, -0.15) is 0 Å². The maximum Gasteiger partial charge on any atom is 0.217 e. The van der Waals surface area contributed by atoms with Crippen LogP contribution in [0.4, 0.5) is 8.78 Å². The van der Waals surface area contributed by atoms with Crippen molar-refractivity contribution in [1.29, 1.82) is 0 Å². The van der Waals surface area contributed by atoms with Gasteiger partial charge < -0.3 is 10.4 Å². The molecule has 7 heteroatoms. The summed E-state index contributed by atoms with van der Waals surface area (Å²) in [5, 5.41) is 18.6. The van der Waals surface area contributed by atoms with E-state index in [0.717, 1.165) is 37.6 Å². The predicted molar refractivity (Wildman–Crippen MR) is 139 cm³/mol. The van der Waals surface area contributed by atoms with Crippen LogP contribution in [0.5, 0.6) is 0 Å². The van der Waals surface area contributed by atoms with Crippen molar-refractivity contribution in [3.05, 3.63) is 71.3 Å². The number of rotatable bonds is 10. The second-order valence-electron chi connectivity index (χ2n) is 11.4. The van der Waals surface area contributed by atoms with Gasteiger partial charge in [-0.05, 0) is 60.3 Å². The third-order valence-electron chi connectivity index (χ3n) is 6.64. The third-order valence-corrected chi connectivity index (χ3v) is 6.64. The molecule has 0 saturated carbocycles. The van der Waals surface area contributed by atoms with Crippen molar-refractivity contribution >= 4 is 5.91 Å². The Kier molecular flexibility index (Phi) is 10.00. The van der Waals surface area contributed by atoms with E-state index in [2.05, 4.69) is 48.2 Å². The Hall–Kier alpha value is -2.35. The number of nitrogens with zero attached hydrogens (tertiary/aromatic N) is 2. The zero-order valence-electron chi connectivity index (χ0n) is 22.0. The highest BCUT2D eigenvalue weighted by molar-refractivity contribution is 5.73. The van der Waals surface area contributed by atoms with Crippen molar-refractivity contribution < 1.29 is 18.7 Å². The number of amides is 1. The average Bonchev–Trinajstić information content (AvgIpc) is 2.77. The lowest BCUT2D eigenvalue weighted by atomic mass is 9.81. The van der Waals surface area contributed by atoms with E-state index >= 15 is 0 Å². The topological polar surface area (TPSA) is 55.8 Å². The van der Waals surface area contributed by atoms with Gasteiger partial charge in [0.25, 0.3) is 0 Å². The summed E-state index contributed by atoms with van der Waals surface area (Å²) in [6.07, 6.45) is 2.59.